The zero-order valence-corrected chi connectivity index (χ0v) is 24.5. The lowest BCUT2D eigenvalue weighted by atomic mass is 10.1. The lowest BCUT2D eigenvalue weighted by molar-refractivity contribution is 0.0144. The van der Waals surface area contributed by atoms with Crippen LogP contribution in [0.25, 0.3) is 0 Å². The summed E-state index contributed by atoms with van der Waals surface area (Å²) in [6.07, 6.45) is -0.384. The van der Waals surface area contributed by atoms with Crippen molar-refractivity contribution in [1.29, 1.82) is 5.41 Å². The van der Waals surface area contributed by atoms with E-state index in [0.29, 0.717) is 51.2 Å². The molecule has 0 saturated carbocycles. The Bertz CT molecular complexity index is 1370. The van der Waals surface area contributed by atoms with Crippen molar-refractivity contribution in [2.45, 2.75) is 66.1 Å². The van der Waals surface area contributed by atoms with Gasteiger partial charge in [0.15, 0.2) is 0 Å². The second-order valence-corrected chi connectivity index (χ2v) is 11.5. The second-order valence-electron chi connectivity index (χ2n) is 11.1. The van der Waals surface area contributed by atoms with Crippen LogP contribution in [-0.4, -0.2) is 57.4 Å². The fraction of sp³-hybridized carbons (Fsp3) is 0.393. The molecular formula is C28H35ClN6O5. The third kappa shape index (κ3) is 7.09. The number of nitrogens with one attached hydrogen (secondary N) is 4. The normalized spacial score (nSPS) is 13.6. The molecule has 2 aromatic rings. The minimum atomic E-state index is -1.13. The molecule has 214 valence electrons. The summed E-state index contributed by atoms with van der Waals surface area (Å²) in [7, 11) is 0. The molecular weight excluding hydrogens is 536 g/mol. The number of guanidine groups is 1. The maximum atomic E-state index is 13.0. The SMILES string of the molecule is C=C/C(=N\C(=N)N(C(=O)OC(C)(C)C)C(=O)OC(C)(C)C)c1[nH]c2c(c1Nc1cccc(Cl)c1C)C(=O)NCC2. The minimum Gasteiger partial charge on any atom is -0.443 e. The molecule has 12 heteroatoms. The lowest BCUT2D eigenvalue weighted by Crippen LogP contribution is -2.46. The van der Waals surface area contributed by atoms with E-state index in [0.717, 1.165) is 5.56 Å². The van der Waals surface area contributed by atoms with Crippen molar-refractivity contribution >= 4 is 52.7 Å². The highest BCUT2D eigenvalue weighted by Gasteiger charge is 2.35. The molecule has 0 fully saturated rings. The van der Waals surface area contributed by atoms with E-state index in [-0.39, 0.29) is 11.6 Å². The highest BCUT2D eigenvalue weighted by molar-refractivity contribution is 6.31. The van der Waals surface area contributed by atoms with Gasteiger partial charge >= 0.3 is 12.2 Å². The van der Waals surface area contributed by atoms with Crippen LogP contribution in [0, 0.1) is 12.3 Å². The molecule has 0 aliphatic carbocycles. The quantitative estimate of drug-likeness (QED) is 0.258. The van der Waals surface area contributed by atoms with E-state index < -0.39 is 29.3 Å². The van der Waals surface area contributed by atoms with Gasteiger partial charge in [-0.3, -0.25) is 10.2 Å². The molecule has 0 bridgehead atoms. The summed E-state index contributed by atoms with van der Waals surface area (Å²) in [5, 5.41) is 15.3. The Morgan fingerprint density at radius 3 is 2.30 bits per heavy atom. The number of aliphatic imine (C=N–C) groups is 1. The van der Waals surface area contributed by atoms with Crippen LogP contribution in [0.1, 0.15) is 68.9 Å². The second kappa shape index (κ2) is 11.5. The highest BCUT2D eigenvalue weighted by atomic mass is 35.5. The fourth-order valence-electron chi connectivity index (χ4n) is 3.80. The Labute approximate surface area is 238 Å². The topological polar surface area (TPSA) is 149 Å². The number of anilines is 2. The molecule has 1 aliphatic rings. The number of nitrogens with zero attached hydrogens (tertiary/aromatic N) is 2. The van der Waals surface area contributed by atoms with Crippen molar-refractivity contribution in [3.63, 3.8) is 0 Å². The van der Waals surface area contributed by atoms with Crippen molar-refractivity contribution in [2.75, 3.05) is 11.9 Å². The summed E-state index contributed by atoms with van der Waals surface area (Å²) in [4.78, 5) is 46.8. The van der Waals surface area contributed by atoms with E-state index >= 15 is 0 Å². The van der Waals surface area contributed by atoms with E-state index in [9.17, 15) is 14.4 Å². The monoisotopic (exact) mass is 570 g/mol. The molecule has 0 saturated heterocycles. The first-order chi connectivity index (χ1) is 18.5. The van der Waals surface area contributed by atoms with Crippen LogP contribution in [-0.2, 0) is 15.9 Å². The van der Waals surface area contributed by atoms with Crippen molar-refractivity contribution in [3.05, 3.63) is 58.4 Å². The standard InChI is InChI=1S/C28H35ClN6O5/c1-9-17(34-24(30)35(25(37)39-27(3,4)5)26(38)40-28(6,7)8)21-22(20-19(33-21)13-14-31-23(20)36)32-18-12-10-11-16(29)15(18)2/h9-12,30,32-33H,1,13-14H2,2-8H3,(H,31,36)/b30-24?,34-17+. The number of aromatic nitrogens is 1. The predicted molar refractivity (Wildman–Crippen MR) is 155 cm³/mol. The fourth-order valence-corrected chi connectivity index (χ4v) is 3.98. The van der Waals surface area contributed by atoms with Gasteiger partial charge in [-0.25, -0.2) is 14.6 Å². The van der Waals surface area contributed by atoms with E-state index in [4.69, 9.17) is 26.5 Å². The number of carbonyl (C=O) groups excluding carboxylic acids is 3. The number of ether oxygens (including phenoxy) is 2. The van der Waals surface area contributed by atoms with Gasteiger partial charge in [-0.15, -0.1) is 4.90 Å². The molecule has 3 amide bonds. The molecule has 0 spiro atoms. The first kappa shape index (κ1) is 30.4. The van der Waals surface area contributed by atoms with Gasteiger partial charge in [-0.05, 0) is 72.2 Å². The molecule has 40 heavy (non-hydrogen) atoms. The van der Waals surface area contributed by atoms with E-state index in [1.807, 2.05) is 13.0 Å². The van der Waals surface area contributed by atoms with Crippen LogP contribution in [0.3, 0.4) is 0 Å². The first-order valence-corrected chi connectivity index (χ1v) is 13.0. The number of H-pyrrole nitrogens is 1. The number of benzene rings is 1. The highest BCUT2D eigenvalue weighted by Crippen LogP contribution is 2.34. The van der Waals surface area contributed by atoms with Crippen LogP contribution >= 0.6 is 11.6 Å². The van der Waals surface area contributed by atoms with Gasteiger partial charge in [0.1, 0.15) is 11.2 Å². The van der Waals surface area contributed by atoms with Crippen molar-refractivity contribution < 1.29 is 23.9 Å². The number of amides is 3. The summed E-state index contributed by atoms with van der Waals surface area (Å²) in [5.41, 5.74) is 1.31. The molecule has 3 rings (SSSR count). The molecule has 1 aromatic carbocycles. The Hall–Kier alpha value is -4.12. The number of fused-ring (bicyclic) bond motifs is 1. The number of halogens is 1. The molecule has 0 unspecified atom stereocenters. The van der Waals surface area contributed by atoms with Crippen LogP contribution in [0.15, 0.2) is 35.8 Å². The first-order valence-electron chi connectivity index (χ1n) is 12.6. The average Bonchev–Trinajstić information content (AvgIpc) is 3.17. The minimum absolute atomic E-state index is 0.0894. The number of rotatable bonds is 4. The smallest absolute Gasteiger partial charge is 0.427 e. The molecule has 2 heterocycles. The third-order valence-corrected chi connectivity index (χ3v) is 5.94. The number of carbonyl (C=O) groups is 3. The zero-order chi connectivity index (χ0) is 30.0. The summed E-state index contributed by atoms with van der Waals surface area (Å²) in [6, 6.07) is 5.33. The Balaban J connectivity index is 2.13. The third-order valence-electron chi connectivity index (χ3n) is 5.53. The van der Waals surface area contributed by atoms with Crippen LogP contribution in [0.2, 0.25) is 5.02 Å². The van der Waals surface area contributed by atoms with Gasteiger partial charge in [-0.1, -0.05) is 24.2 Å². The molecule has 4 N–H and O–H groups in total. The summed E-state index contributed by atoms with van der Waals surface area (Å²) < 4.78 is 10.7. The van der Waals surface area contributed by atoms with Crippen molar-refractivity contribution in [3.8, 4) is 0 Å². The number of imide groups is 1. The maximum Gasteiger partial charge on any atom is 0.427 e. The molecule has 1 aromatic heterocycles. The van der Waals surface area contributed by atoms with E-state index in [1.165, 1.54) is 6.08 Å². The van der Waals surface area contributed by atoms with E-state index in [2.05, 4.69) is 27.2 Å². The van der Waals surface area contributed by atoms with E-state index in [1.54, 1.807) is 53.7 Å². The number of hydrogen-bond acceptors (Lipinski definition) is 7. The Kier molecular flexibility index (Phi) is 8.78. The number of allylic oxidation sites excluding steroid dienone is 1. The molecule has 0 atom stereocenters. The predicted octanol–water partition coefficient (Wildman–Crippen LogP) is 6.09. The molecule has 1 aliphatic heterocycles. The van der Waals surface area contributed by atoms with Crippen LogP contribution in [0.5, 0.6) is 0 Å². The van der Waals surface area contributed by atoms with Crippen LogP contribution in [0.4, 0.5) is 21.0 Å². The summed E-state index contributed by atoms with van der Waals surface area (Å²) in [6.45, 7) is 15.9. The maximum absolute atomic E-state index is 13.0. The van der Waals surface area contributed by atoms with Gasteiger partial charge in [-0.2, -0.15) is 0 Å². The van der Waals surface area contributed by atoms with Crippen molar-refractivity contribution in [2.24, 2.45) is 4.99 Å². The van der Waals surface area contributed by atoms with Gasteiger partial charge in [0.2, 0.25) is 5.96 Å². The van der Waals surface area contributed by atoms with Crippen LogP contribution < -0.4 is 10.6 Å². The van der Waals surface area contributed by atoms with Crippen molar-refractivity contribution in [1.82, 2.24) is 15.2 Å². The Morgan fingerprint density at radius 1 is 1.15 bits per heavy atom. The molecule has 11 nitrogen and oxygen atoms in total. The summed E-state index contributed by atoms with van der Waals surface area (Å²) in [5.74, 6) is -1.06. The average molecular weight is 571 g/mol. The largest absolute Gasteiger partial charge is 0.443 e. The molecule has 0 radical (unpaired) electrons. The Morgan fingerprint density at radius 2 is 1.75 bits per heavy atom. The zero-order valence-electron chi connectivity index (χ0n) is 23.7. The van der Waals surface area contributed by atoms with Gasteiger partial charge in [0.05, 0.1) is 22.7 Å². The van der Waals surface area contributed by atoms with Gasteiger partial charge in [0.25, 0.3) is 5.91 Å². The number of aromatic amines is 1. The van der Waals surface area contributed by atoms with Gasteiger partial charge in [0, 0.05) is 29.4 Å². The number of hydrogen-bond donors (Lipinski definition) is 4. The van der Waals surface area contributed by atoms with Gasteiger partial charge < -0.3 is 25.1 Å². The lowest BCUT2D eigenvalue weighted by Gasteiger charge is -2.27. The summed E-state index contributed by atoms with van der Waals surface area (Å²) >= 11 is 6.32.